The van der Waals surface area contributed by atoms with Crippen molar-refractivity contribution in [3.8, 4) is 0 Å². The molecule has 0 aromatic carbocycles. The molecule has 4 N–H and O–H groups in total. The number of carboxylic acid groups (broad SMARTS) is 1. The molecule has 0 heterocycles. The summed E-state index contributed by atoms with van der Waals surface area (Å²) in [6, 6.07) is 0. The zero-order valence-electron chi connectivity index (χ0n) is 27.1. The molecule has 10 nitrogen and oxygen atoms in total. The van der Waals surface area contributed by atoms with E-state index in [1.165, 1.54) is 4.90 Å². The van der Waals surface area contributed by atoms with Gasteiger partial charge in [0.2, 0.25) is 0 Å². The average Bonchev–Trinajstić information content (AvgIpc) is 2.85. The van der Waals surface area contributed by atoms with Crippen molar-refractivity contribution in [2.45, 2.75) is 137 Å². The third kappa shape index (κ3) is 16.1. The Bertz CT molecular complexity index is 752. The Hall–Kier alpha value is -2.23. The van der Waals surface area contributed by atoms with Gasteiger partial charge < -0.3 is 35.4 Å². The van der Waals surface area contributed by atoms with Crippen molar-refractivity contribution in [3.05, 3.63) is 0 Å². The maximum absolute atomic E-state index is 12.4. The molecule has 40 heavy (non-hydrogen) atoms. The van der Waals surface area contributed by atoms with Gasteiger partial charge in [-0.15, -0.1) is 0 Å². The molecule has 0 radical (unpaired) electrons. The number of ether oxygens (including phenoxy) is 2. The fourth-order valence-corrected chi connectivity index (χ4v) is 4.40. The van der Waals surface area contributed by atoms with E-state index < -0.39 is 23.3 Å². The van der Waals surface area contributed by atoms with Crippen LogP contribution in [0.5, 0.6) is 0 Å². The smallest absolute Gasteiger partial charge is 0.408 e. The second-order valence-corrected chi connectivity index (χ2v) is 13.1. The van der Waals surface area contributed by atoms with Gasteiger partial charge in [-0.25, -0.2) is 14.4 Å². The van der Waals surface area contributed by atoms with Crippen LogP contribution in [0.2, 0.25) is 0 Å². The zero-order chi connectivity index (χ0) is 31.0. The molecule has 3 amide bonds. The van der Waals surface area contributed by atoms with E-state index >= 15 is 0 Å². The molecule has 10 heteroatoms. The van der Waals surface area contributed by atoms with Gasteiger partial charge in [-0.3, -0.25) is 0 Å². The van der Waals surface area contributed by atoms with Crippen LogP contribution in [0.4, 0.5) is 14.4 Å². The van der Waals surface area contributed by atoms with Gasteiger partial charge in [-0.1, -0.05) is 48.5 Å². The van der Waals surface area contributed by atoms with Gasteiger partial charge in [0.15, 0.2) is 0 Å². The third-order valence-electron chi connectivity index (χ3n) is 7.42. The fraction of sp³-hybridized carbons (Fsp3) is 0.900. The second kappa shape index (κ2) is 17.6. The first-order valence-corrected chi connectivity index (χ1v) is 15.1. The van der Waals surface area contributed by atoms with E-state index in [4.69, 9.17) is 9.47 Å². The maximum atomic E-state index is 12.4. The van der Waals surface area contributed by atoms with Crippen LogP contribution in [0, 0.1) is 5.41 Å². The van der Waals surface area contributed by atoms with Crippen molar-refractivity contribution in [2.75, 3.05) is 32.8 Å². The van der Waals surface area contributed by atoms with Crippen molar-refractivity contribution < 1.29 is 29.0 Å². The van der Waals surface area contributed by atoms with Gasteiger partial charge in [0, 0.05) is 24.2 Å². The standard InChI is InChI=1S/C30H60N4O6/c1-11-29(12-2,32-24(35)39-23-27(5,6)7)17-20-31-19-15-16-21-34(26(37)38)22-18-30(13-3,14-4)33-25(36)40-28(8,9)10/h31H,11-23H2,1-10H3,(H,32,35)(H,33,36)(H,37,38). The molecule has 0 unspecified atom stereocenters. The molecule has 0 fully saturated rings. The summed E-state index contributed by atoms with van der Waals surface area (Å²) >= 11 is 0. The molecule has 0 saturated carbocycles. The number of hydrogen-bond donors (Lipinski definition) is 4. The number of nitrogens with one attached hydrogen (secondary N) is 3. The maximum Gasteiger partial charge on any atom is 0.408 e. The van der Waals surface area contributed by atoms with Gasteiger partial charge in [-0.05, 0) is 90.6 Å². The summed E-state index contributed by atoms with van der Waals surface area (Å²) in [6.45, 7) is 22.3. The lowest BCUT2D eigenvalue weighted by molar-refractivity contribution is 0.0432. The first kappa shape index (κ1) is 37.8. The summed E-state index contributed by atoms with van der Waals surface area (Å²) in [5.41, 5.74) is -1.51. The van der Waals surface area contributed by atoms with Crippen LogP contribution in [0.15, 0.2) is 0 Å². The van der Waals surface area contributed by atoms with Crippen LogP contribution in [0.25, 0.3) is 0 Å². The van der Waals surface area contributed by atoms with Crippen LogP contribution < -0.4 is 16.0 Å². The molecular formula is C30H60N4O6. The monoisotopic (exact) mass is 572 g/mol. The van der Waals surface area contributed by atoms with Crippen LogP contribution in [-0.2, 0) is 9.47 Å². The number of amides is 3. The van der Waals surface area contributed by atoms with E-state index in [2.05, 4.69) is 29.8 Å². The zero-order valence-corrected chi connectivity index (χ0v) is 27.1. The minimum absolute atomic E-state index is 0.0810. The summed E-state index contributed by atoms with van der Waals surface area (Å²) in [4.78, 5) is 38.1. The number of unbranched alkanes of at least 4 members (excludes halogenated alkanes) is 1. The lowest BCUT2D eigenvalue weighted by Gasteiger charge is -2.35. The van der Waals surface area contributed by atoms with Crippen molar-refractivity contribution >= 4 is 18.3 Å². The van der Waals surface area contributed by atoms with Gasteiger partial charge >= 0.3 is 18.3 Å². The van der Waals surface area contributed by atoms with Crippen molar-refractivity contribution in [1.29, 1.82) is 0 Å². The van der Waals surface area contributed by atoms with Crippen LogP contribution in [0.1, 0.15) is 121 Å². The lowest BCUT2D eigenvalue weighted by atomic mass is 9.89. The Morgan fingerprint density at radius 2 is 1.25 bits per heavy atom. The van der Waals surface area contributed by atoms with E-state index in [-0.39, 0.29) is 17.0 Å². The van der Waals surface area contributed by atoms with Crippen molar-refractivity contribution in [3.63, 3.8) is 0 Å². The number of alkyl carbamates (subject to hydrolysis) is 2. The number of hydrogen-bond acceptors (Lipinski definition) is 6. The molecule has 0 atom stereocenters. The SMILES string of the molecule is CCC(CC)(CCNCCCCN(CCC(CC)(CC)NC(=O)OC(C)(C)C)C(=O)O)NC(=O)OCC(C)(C)C. The minimum atomic E-state index is -0.952. The number of rotatable bonds is 18. The van der Waals surface area contributed by atoms with Crippen molar-refractivity contribution in [2.24, 2.45) is 5.41 Å². The first-order valence-electron chi connectivity index (χ1n) is 15.1. The van der Waals surface area contributed by atoms with Gasteiger partial charge in [0.05, 0.1) is 6.61 Å². The van der Waals surface area contributed by atoms with E-state index in [1.54, 1.807) is 0 Å². The van der Waals surface area contributed by atoms with E-state index in [0.29, 0.717) is 39.0 Å². The molecule has 0 aliphatic rings. The first-order chi connectivity index (χ1) is 18.5. The average molecular weight is 573 g/mol. The predicted molar refractivity (Wildman–Crippen MR) is 161 cm³/mol. The number of carbonyl (C=O) groups excluding carboxylic acids is 2. The third-order valence-corrected chi connectivity index (χ3v) is 7.42. The van der Waals surface area contributed by atoms with Crippen LogP contribution >= 0.6 is 0 Å². The van der Waals surface area contributed by atoms with E-state index in [0.717, 1.165) is 45.2 Å². The highest BCUT2D eigenvalue weighted by atomic mass is 16.6. The van der Waals surface area contributed by atoms with E-state index in [1.807, 2.05) is 55.4 Å². The molecule has 0 aromatic rings. The molecule has 0 aromatic heterocycles. The molecule has 0 aliphatic heterocycles. The highest BCUT2D eigenvalue weighted by Gasteiger charge is 2.32. The summed E-state index contributed by atoms with van der Waals surface area (Å²) in [5.74, 6) is 0. The fourth-order valence-electron chi connectivity index (χ4n) is 4.40. The Balaban J connectivity index is 4.64. The molecule has 0 aliphatic carbocycles. The Morgan fingerprint density at radius 3 is 1.73 bits per heavy atom. The Labute approximate surface area is 243 Å². The molecule has 0 rings (SSSR count). The molecule has 236 valence electrons. The second-order valence-electron chi connectivity index (χ2n) is 13.1. The Kier molecular flexibility index (Phi) is 16.6. The molecule has 0 saturated heterocycles. The summed E-state index contributed by atoms with van der Waals surface area (Å²) in [7, 11) is 0. The van der Waals surface area contributed by atoms with Crippen molar-refractivity contribution in [1.82, 2.24) is 20.9 Å². The highest BCUT2D eigenvalue weighted by molar-refractivity contribution is 5.69. The quantitative estimate of drug-likeness (QED) is 0.137. The summed E-state index contributed by atoms with van der Waals surface area (Å²) < 4.78 is 10.8. The number of carbonyl (C=O) groups is 3. The molecule has 0 bridgehead atoms. The van der Waals surface area contributed by atoms with Crippen LogP contribution in [0.3, 0.4) is 0 Å². The summed E-state index contributed by atoms with van der Waals surface area (Å²) in [5, 5.41) is 19.3. The molecule has 0 spiro atoms. The largest absolute Gasteiger partial charge is 0.465 e. The minimum Gasteiger partial charge on any atom is -0.465 e. The van der Waals surface area contributed by atoms with Gasteiger partial charge in [0.1, 0.15) is 5.60 Å². The van der Waals surface area contributed by atoms with Crippen LogP contribution in [-0.4, -0.2) is 77.8 Å². The van der Waals surface area contributed by atoms with Gasteiger partial charge in [0.25, 0.3) is 0 Å². The van der Waals surface area contributed by atoms with Gasteiger partial charge in [-0.2, -0.15) is 0 Å². The molecular weight excluding hydrogens is 512 g/mol. The lowest BCUT2D eigenvalue weighted by Crippen LogP contribution is -2.51. The van der Waals surface area contributed by atoms with E-state index in [9.17, 15) is 19.5 Å². The Morgan fingerprint density at radius 1 is 0.725 bits per heavy atom. The highest BCUT2D eigenvalue weighted by Crippen LogP contribution is 2.23. The number of nitrogens with zero attached hydrogens (tertiary/aromatic N) is 1. The normalized spacial score (nSPS) is 12.6. The predicted octanol–water partition coefficient (Wildman–Crippen LogP) is 6.53. The topological polar surface area (TPSA) is 129 Å². The summed E-state index contributed by atoms with van der Waals surface area (Å²) in [6.07, 6.45) is 4.05.